The average Bonchev–Trinajstić information content (AvgIpc) is 3.81. The normalized spacial score (nSPS) is 18.4. The highest BCUT2D eigenvalue weighted by Gasteiger charge is 2.28. The fourth-order valence-electron chi connectivity index (χ4n) is 3.47. The van der Waals surface area contributed by atoms with Gasteiger partial charge in [0.2, 0.25) is 5.95 Å². The van der Waals surface area contributed by atoms with Crippen molar-refractivity contribution in [3.63, 3.8) is 0 Å². The summed E-state index contributed by atoms with van der Waals surface area (Å²) in [5, 5.41) is 12.7. The number of rotatable bonds is 5. The van der Waals surface area contributed by atoms with Gasteiger partial charge in [0.25, 0.3) is 0 Å². The minimum atomic E-state index is 0.477. The van der Waals surface area contributed by atoms with Crippen molar-refractivity contribution in [2.24, 2.45) is 0 Å². The van der Waals surface area contributed by atoms with Crippen molar-refractivity contribution in [1.82, 2.24) is 24.9 Å². The third-order valence-electron chi connectivity index (χ3n) is 5.12. The molecule has 39 heavy (non-hydrogen) atoms. The van der Waals surface area contributed by atoms with Gasteiger partial charge in [-0.1, -0.05) is 106 Å². The topological polar surface area (TPSA) is 67.7 Å². The Hall–Kier alpha value is -1.65. The molecule has 0 spiro atoms. The van der Waals surface area contributed by atoms with Crippen molar-refractivity contribution in [2.45, 2.75) is 0 Å². The van der Waals surface area contributed by atoms with Gasteiger partial charge in [-0.15, -0.1) is 0 Å². The second-order valence-electron chi connectivity index (χ2n) is 7.56. The van der Waals surface area contributed by atoms with E-state index in [1.165, 1.54) is 16.9 Å². The van der Waals surface area contributed by atoms with Crippen molar-refractivity contribution in [3.05, 3.63) is 110 Å². The number of hydrogen-bond donors (Lipinski definition) is 0. The number of nitrogens with zero attached hydrogens (tertiary/aromatic N) is 6. The summed E-state index contributed by atoms with van der Waals surface area (Å²) in [4.78, 5) is 28.1. The number of anilines is 3. The summed E-state index contributed by atoms with van der Waals surface area (Å²) < 4.78 is 5.08. The molecule has 0 radical (unpaired) electrons. The summed E-state index contributed by atoms with van der Waals surface area (Å²) in [5.41, 5.74) is 0. The highest BCUT2D eigenvalue weighted by Crippen LogP contribution is 2.57. The summed E-state index contributed by atoms with van der Waals surface area (Å²) in [6, 6.07) is 11.6. The number of hydrogen-bond acceptors (Lipinski definition) is 14. The van der Waals surface area contributed by atoms with Crippen LogP contribution in [-0.2, 0) is 0 Å². The second-order valence-corrected chi connectivity index (χ2v) is 16.1. The quantitative estimate of drug-likeness (QED) is 0.262. The van der Waals surface area contributed by atoms with Gasteiger partial charge < -0.3 is 0 Å². The first-order valence-corrected chi connectivity index (χ1v) is 18.2. The molecular formula is C25H14N6S8. The molecule has 7 rings (SSSR count). The lowest BCUT2D eigenvalue weighted by atomic mass is 10.4. The van der Waals surface area contributed by atoms with Crippen molar-refractivity contribution >= 4 is 121 Å². The lowest BCUT2D eigenvalue weighted by Crippen LogP contribution is -2.18. The molecular weight excluding hydrogens is 641 g/mol. The maximum absolute atomic E-state index is 4.99. The Morgan fingerprint density at radius 3 is 1.44 bits per heavy atom. The lowest BCUT2D eigenvalue weighted by Gasteiger charge is -2.21. The van der Waals surface area contributed by atoms with Crippen LogP contribution in [0.5, 0.6) is 0 Å². The Balaban J connectivity index is 1.32. The molecule has 4 aliphatic heterocycles. The van der Waals surface area contributed by atoms with E-state index in [9.17, 15) is 0 Å². The lowest BCUT2D eigenvalue weighted by molar-refractivity contribution is 0.955. The zero-order chi connectivity index (χ0) is 26.0. The van der Waals surface area contributed by atoms with Crippen molar-refractivity contribution < 1.29 is 0 Å². The van der Waals surface area contributed by atoms with E-state index in [1.54, 1.807) is 106 Å². The Kier molecular flexibility index (Phi) is 8.13. The molecule has 192 valence electrons. The molecule has 0 saturated heterocycles. The van der Waals surface area contributed by atoms with Crippen LogP contribution in [-0.4, -0.2) is 24.9 Å². The molecule has 0 N–H and O–H groups in total. The van der Waals surface area contributed by atoms with Crippen molar-refractivity contribution in [1.29, 1.82) is 0 Å². The van der Waals surface area contributed by atoms with Crippen LogP contribution in [0.1, 0.15) is 11.6 Å². The molecule has 3 aromatic heterocycles. The molecule has 0 unspecified atom stereocenters. The summed E-state index contributed by atoms with van der Waals surface area (Å²) in [5.74, 6) is 3.12. The molecule has 0 aromatic carbocycles. The van der Waals surface area contributed by atoms with E-state index in [0.717, 1.165) is 9.81 Å². The predicted molar refractivity (Wildman–Crippen MR) is 179 cm³/mol. The number of thioether (sulfide) groups is 8. The highest BCUT2D eigenvalue weighted by molar-refractivity contribution is 8.35. The maximum atomic E-state index is 4.99. The van der Waals surface area contributed by atoms with E-state index in [0.29, 0.717) is 29.2 Å². The Morgan fingerprint density at radius 1 is 0.513 bits per heavy atom. The van der Waals surface area contributed by atoms with Gasteiger partial charge in [0.15, 0.2) is 11.6 Å². The maximum Gasteiger partial charge on any atom is 0.241 e. The summed E-state index contributed by atoms with van der Waals surface area (Å²) in [6.45, 7) is 0. The third-order valence-corrected chi connectivity index (χ3v) is 15.2. The van der Waals surface area contributed by atoms with Gasteiger partial charge in [0, 0.05) is 12.4 Å². The zero-order valence-electron chi connectivity index (χ0n) is 19.5. The molecule has 0 amide bonds. The van der Waals surface area contributed by atoms with Gasteiger partial charge in [0.05, 0.1) is 26.8 Å². The van der Waals surface area contributed by atoms with Crippen LogP contribution in [0.2, 0.25) is 0 Å². The van der Waals surface area contributed by atoms with Crippen LogP contribution in [0, 0.1) is 0 Å². The first kappa shape index (κ1) is 26.3. The van der Waals surface area contributed by atoms with E-state index < -0.39 is 0 Å². The fourth-order valence-corrected chi connectivity index (χ4v) is 12.2. The SMILES string of the molecule is C1=CSC(=C2SC=C(c3nc(C4=CSC(=C5SC=CS5)S4)nc(N(c4ccccn4)c4ccccn4)n3)S2)S1. The molecule has 14 heteroatoms. The molecule has 4 aliphatic rings. The zero-order valence-corrected chi connectivity index (χ0v) is 26.1. The Labute approximate surface area is 259 Å². The first-order valence-electron chi connectivity index (χ1n) is 11.3. The smallest absolute Gasteiger partial charge is 0.241 e. The average molecular weight is 655 g/mol. The van der Waals surface area contributed by atoms with Crippen LogP contribution >= 0.6 is 94.1 Å². The van der Waals surface area contributed by atoms with Crippen LogP contribution in [0.4, 0.5) is 17.6 Å². The first-order chi connectivity index (χ1) is 19.3. The van der Waals surface area contributed by atoms with Gasteiger partial charge in [0.1, 0.15) is 11.6 Å². The summed E-state index contributed by atoms with van der Waals surface area (Å²) in [6.07, 6.45) is 3.53. The fraction of sp³-hybridized carbons (Fsp3) is 0. The van der Waals surface area contributed by atoms with Crippen molar-refractivity contribution in [2.75, 3.05) is 4.90 Å². The third kappa shape index (κ3) is 5.75. The molecule has 0 atom stereocenters. The van der Waals surface area contributed by atoms with Crippen molar-refractivity contribution in [3.8, 4) is 0 Å². The summed E-state index contributed by atoms with van der Waals surface area (Å²) >= 11 is 13.9. The minimum Gasteiger partial charge on any atom is -0.246 e. The predicted octanol–water partition coefficient (Wildman–Crippen LogP) is 9.84. The molecule has 0 aliphatic carbocycles. The Bertz CT molecular complexity index is 1480. The minimum absolute atomic E-state index is 0.477. The second kappa shape index (κ2) is 12.1. The van der Waals surface area contributed by atoms with Crippen LogP contribution in [0.25, 0.3) is 9.81 Å². The van der Waals surface area contributed by atoms with Gasteiger partial charge in [-0.3, -0.25) is 0 Å². The molecule has 6 nitrogen and oxygen atoms in total. The number of aromatic nitrogens is 5. The van der Waals surface area contributed by atoms with Crippen LogP contribution < -0.4 is 4.90 Å². The largest absolute Gasteiger partial charge is 0.246 e. The Morgan fingerprint density at radius 2 is 1.00 bits per heavy atom. The molecule has 0 fully saturated rings. The van der Waals surface area contributed by atoms with Crippen LogP contribution in [0.15, 0.2) is 98.2 Å². The standard InChI is InChI=1S/C25H14N6S8/c1-3-7-26-17(5-1)31(18-6-2-4-8-27-18)25-29-19(15-13-36-23(38-15)21-32-9-10-33-21)28-20(30-25)16-14-37-24(39-16)22-34-11-12-35-22/h1-14H. The van der Waals surface area contributed by atoms with Gasteiger partial charge >= 0.3 is 0 Å². The van der Waals surface area contributed by atoms with E-state index in [4.69, 9.17) is 15.0 Å². The summed E-state index contributed by atoms with van der Waals surface area (Å²) in [7, 11) is 0. The van der Waals surface area contributed by atoms with Gasteiger partial charge in [-0.2, -0.15) is 9.97 Å². The van der Waals surface area contributed by atoms with E-state index >= 15 is 0 Å². The van der Waals surface area contributed by atoms with Gasteiger partial charge in [-0.25, -0.2) is 19.9 Å². The van der Waals surface area contributed by atoms with E-state index in [1.807, 2.05) is 41.3 Å². The van der Waals surface area contributed by atoms with Crippen LogP contribution in [0.3, 0.4) is 0 Å². The molecule has 0 bridgehead atoms. The van der Waals surface area contributed by atoms with Gasteiger partial charge in [-0.05, 0) is 56.7 Å². The highest BCUT2D eigenvalue weighted by atomic mass is 32.2. The molecule has 3 aromatic rings. The number of pyridine rings is 2. The molecule has 7 heterocycles. The van der Waals surface area contributed by atoms with E-state index in [2.05, 4.69) is 42.4 Å². The monoisotopic (exact) mass is 654 g/mol. The molecule has 0 saturated carbocycles. The van der Waals surface area contributed by atoms with E-state index in [-0.39, 0.29) is 0 Å².